The van der Waals surface area contributed by atoms with Gasteiger partial charge in [-0.3, -0.25) is 4.79 Å². The van der Waals surface area contributed by atoms with E-state index in [-0.39, 0.29) is 6.61 Å². The van der Waals surface area contributed by atoms with Gasteiger partial charge < -0.3 is 14.9 Å². The van der Waals surface area contributed by atoms with Crippen LogP contribution in [0.15, 0.2) is 0 Å². The van der Waals surface area contributed by atoms with Gasteiger partial charge in [0, 0.05) is 0 Å². The minimum Gasteiger partial charge on any atom is -0.481 e. The van der Waals surface area contributed by atoms with Crippen molar-refractivity contribution in [2.24, 2.45) is 0 Å². The first-order valence-electron chi connectivity index (χ1n) is 6.64. The number of ether oxygens (including phenoxy) is 1. The monoisotopic (exact) mass is 260 g/mol. The molecule has 0 radical (unpaired) electrons. The van der Waals surface area contributed by atoms with Crippen molar-refractivity contribution in [2.75, 3.05) is 6.61 Å². The van der Waals surface area contributed by atoms with Crippen LogP contribution in [0, 0.1) is 0 Å². The largest absolute Gasteiger partial charge is 0.481 e. The zero-order valence-corrected chi connectivity index (χ0v) is 11.1. The number of rotatable bonds is 11. The third-order valence-corrected chi connectivity index (χ3v) is 2.63. The van der Waals surface area contributed by atoms with Crippen molar-refractivity contribution in [1.29, 1.82) is 0 Å². The van der Waals surface area contributed by atoms with Crippen molar-refractivity contribution in [3.05, 3.63) is 0 Å². The number of esters is 1. The van der Waals surface area contributed by atoms with E-state index < -0.39 is 24.5 Å². The summed E-state index contributed by atoms with van der Waals surface area (Å²) in [4.78, 5) is 21.4. The molecular formula is C13H24O5. The lowest BCUT2D eigenvalue weighted by molar-refractivity contribution is -0.158. The first-order chi connectivity index (χ1) is 8.57. The number of carboxylic acid groups (broad SMARTS) is 1. The standard InChI is InChI=1S/C13H24O5/c1-2-3-4-5-6-7-8-9-18-13(17)11(14)10-12(15)16/h11,14H,2-10H2,1H3,(H,15,16). The van der Waals surface area contributed by atoms with Crippen LogP contribution in [0.4, 0.5) is 0 Å². The van der Waals surface area contributed by atoms with Crippen molar-refractivity contribution >= 4 is 11.9 Å². The summed E-state index contributed by atoms with van der Waals surface area (Å²) in [6.07, 6.45) is 5.65. The van der Waals surface area contributed by atoms with Gasteiger partial charge in [-0.1, -0.05) is 45.4 Å². The highest BCUT2D eigenvalue weighted by Crippen LogP contribution is 2.07. The minimum absolute atomic E-state index is 0.253. The van der Waals surface area contributed by atoms with Crippen LogP contribution in [0.3, 0.4) is 0 Å². The number of aliphatic carboxylic acids is 1. The molecule has 0 rings (SSSR count). The number of carbonyl (C=O) groups is 2. The van der Waals surface area contributed by atoms with Crippen LogP contribution in [0.1, 0.15) is 58.3 Å². The van der Waals surface area contributed by atoms with Crippen LogP contribution in [0.5, 0.6) is 0 Å². The normalized spacial score (nSPS) is 12.1. The van der Waals surface area contributed by atoms with E-state index in [1.165, 1.54) is 25.7 Å². The third kappa shape index (κ3) is 10.1. The molecule has 0 fully saturated rings. The zero-order chi connectivity index (χ0) is 13.8. The summed E-state index contributed by atoms with van der Waals surface area (Å²) in [7, 11) is 0. The van der Waals surface area contributed by atoms with Gasteiger partial charge in [0.1, 0.15) is 0 Å². The van der Waals surface area contributed by atoms with E-state index in [0.717, 1.165) is 19.3 Å². The second-order valence-corrected chi connectivity index (χ2v) is 4.40. The van der Waals surface area contributed by atoms with E-state index >= 15 is 0 Å². The Morgan fingerprint density at radius 3 is 2.17 bits per heavy atom. The number of carboxylic acids is 1. The highest BCUT2D eigenvalue weighted by molar-refractivity contribution is 5.80. The summed E-state index contributed by atoms with van der Waals surface area (Å²) in [5, 5.41) is 17.5. The minimum atomic E-state index is -1.55. The van der Waals surface area contributed by atoms with Crippen LogP contribution >= 0.6 is 0 Å². The number of hydrogen-bond acceptors (Lipinski definition) is 4. The highest BCUT2D eigenvalue weighted by atomic mass is 16.5. The van der Waals surface area contributed by atoms with Crippen LogP contribution in [0.25, 0.3) is 0 Å². The van der Waals surface area contributed by atoms with Gasteiger partial charge in [-0.25, -0.2) is 4.79 Å². The van der Waals surface area contributed by atoms with E-state index in [9.17, 15) is 9.59 Å². The van der Waals surface area contributed by atoms with Gasteiger partial charge in [0.2, 0.25) is 0 Å². The lowest BCUT2D eigenvalue weighted by Crippen LogP contribution is -2.26. The van der Waals surface area contributed by atoms with Crippen molar-refractivity contribution in [1.82, 2.24) is 0 Å². The molecule has 106 valence electrons. The molecule has 2 N–H and O–H groups in total. The lowest BCUT2D eigenvalue weighted by Gasteiger charge is -2.08. The van der Waals surface area contributed by atoms with Gasteiger partial charge in [0.15, 0.2) is 6.10 Å². The first-order valence-corrected chi connectivity index (χ1v) is 6.64. The van der Waals surface area contributed by atoms with Crippen LogP contribution in [-0.2, 0) is 14.3 Å². The van der Waals surface area contributed by atoms with E-state index in [1.807, 2.05) is 0 Å². The number of carbonyl (C=O) groups excluding carboxylic acids is 1. The molecule has 1 atom stereocenters. The fourth-order valence-electron chi connectivity index (χ4n) is 1.58. The third-order valence-electron chi connectivity index (χ3n) is 2.63. The number of hydrogen-bond donors (Lipinski definition) is 2. The van der Waals surface area contributed by atoms with Gasteiger partial charge in [-0.05, 0) is 6.42 Å². The van der Waals surface area contributed by atoms with Gasteiger partial charge in [-0.15, -0.1) is 0 Å². The Bertz CT molecular complexity index is 240. The summed E-state index contributed by atoms with van der Waals surface area (Å²) in [6, 6.07) is 0. The SMILES string of the molecule is CCCCCCCCCOC(=O)C(O)CC(=O)O. The molecule has 0 aromatic rings. The predicted molar refractivity (Wildman–Crippen MR) is 67.2 cm³/mol. The summed E-state index contributed by atoms with van der Waals surface area (Å²) in [6.45, 7) is 2.42. The molecule has 0 bridgehead atoms. The van der Waals surface area contributed by atoms with Crippen LogP contribution < -0.4 is 0 Å². The molecule has 0 aromatic heterocycles. The maximum atomic E-state index is 11.1. The predicted octanol–water partition coefficient (Wildman–Crippen LogP) is 2.12. The number of aliphatic hydroxyl groups is 1. The molecule has 0 saturated carbocycles. The van der Waals surface area contributed by atoms with E-state index in [0.29, 0.717) is 0 Å². The Kier molecular flexibility index (Phi) is 10.3. The van der Waals surface area contributed by atoms with Gasteiger partial charge in [0.05, 0.1) is 13.0 Å². The van der Waals surface area contributed by atoms with Crippen molar-refractivity contribution in [2.45, 2.75) is 64.4 Å². The fraction of sp³-hybridized carbons (Fsp3) is 0.846. The van der Waals surface area contributed by atoms with Gasteiger partial charge in [-0.2, -0.15) is 0 Å². The maximum absolute atomic E-state index is 11.1. The summed E-state index contributed by atoms with van der Waals surface area (Å²) >= 11 is 0. The molecule has 0 amide bonds. The molecule has 0 aromatic carbocycles. The van der Waals surface area contributed by atoms with Crippen molar-refractivity contribution < 1.29 is 24.5 Å². The van der Waals surface area contributed by atoms with Crippen LogP contribution in [0.2, 0.25) is 0 Å². The van der Waals surface area contributed by atoms with Gasteiger partial charge in [0.25, 0.3) is 0 Å². The zero-order valence-electron chi connectivity index (χ0n) is 11.1. The molecule has 0 aliphatic heterocycles. The Labute approximate surface area is 108 Å². The van der Waals surface area contributed by atoms with Crippen molar-refractivity contribution in [3.63, 3.8) is 0 Å². The summed E-state index contributed by atoms with van der Waals surface area (Å²) < 4.78 is 4.78. The Morgan fingerprint density at radius 1 is 1.06 bits per heavy atom. The van der Waals surface area contributed by atoms with E-state index in [1.54, 1.807) is 0 Å². The first kappa shape index (κ1) is 16.9. The van der Waals surface area contributed by atoms with E-state index in [4.69, 9.17) is 14.9 Å². The second-order valence-electron chi connectivity index (χ2n) is 4.40. The summed E-state index contributed by atoms with van der Waals surface area (Å²) in [5.74, 6) is -2.06. The van der Waals surface area contributed by atoms with E-state index in [2.05, 4.69) is 6.92 Å². The highest BCUT2D eigenvalue weighted by Gasteiger charge is 2.19. The summed E-state index contributed by atoms with van der Waals surface area (Å²) in [5.41, 5.74) is 0. The molecule has 0 saturated heterocycles. The molecule has 18 heavy (non-hydrogen) atoms. The maximum Gasteiger partial charge on any atom is 0.335 e. The second kappa shape index (κ2) is 11.0. The molecule has 0 spiro atoms. The molecule has 0 heterocycles. The fourth-order valence-corrected chi connectivity index (χ4v) is 1.58. The van der Waals surface area contributed by atoms with Crippen molar-refractivity contribution in [3.8, 4) is 0 Å². The number of aliphatic hydroxyl groups excluding tert-OH is 1. The van der Waals surface area contributed by atoms with Gasteiger partial charge >= 0.3 is 11.9 Å². The smallest absolute Gasteiger partial charge is 0.335 e. The average molecular weight is 260 g/mol. The molecule has 5 heteroatoms. The topological polar surface area (TPSA) is 83.8 Å². The number of unbranched alkanes of at least 4 members (excludes halogenated alkanes) is 6. The Balaban J connectivity index is 3.37. The average Bonchev–Trinajstić information content (AvgIpc) is 2.31. The molecule has 5 nitrogen and oxygen atoms in total. The van der Waals surface area contributed by atoms with Crippen LogP contribution in [-0.4, -0.2) is 34.9 Å². The molecule has 0 aliphatic rings. The quantitative estimate of drug-likeness (QED) is 0.439. The molecule has 0 aliphatic carbocycles. The molecule has 1 unspecified atom stereocenters. The molecular weight excluding hydrogens is 236 g/mol. The lowest BCUT2D eigenvalue weighted by atomic mass is 10.1. The Morgan fingerprint density at radius 2 is 1.61 bits per heavy atom. The Hall–Kier alpha value is -1.10.